The van der Waals surface area contributed by atoms with Crippen molar-refractivity contribution < 1.29 is 14.6 Å². The largest absolute Gasteiger partial charge is 0.477 e. The summed E-state index contributed by atoms with van der Waals surface area (Å²) >= 11 is 0. The molecule has 0 spiro atoms. The molecular weight excluding hydrogens is 232 g/mol. The van der Waals surface area contributed by atoms with E-state index in [1.54, 1.807) is 6.07 Å². The van der Waals surface area contributed by atoms with Crippen LogP contribution in [0.15, 0.2) is 18.2 Å². The number of hydrogen-bond donors (Lipinski definition) is 1. The quantitative estimate of drug-likeness (QED) is 0.878. The van der Waals surface area contributed by atoms with E-state index >= 15 is 0 Å². The lowest BCUT2D eigenvalue weighted by Gasteiger charge is -2.41. The minimum absolute atomic E-state index is 0.0425. The van der Waals surface area contributed by atoms with Crippen molar-refractivity contribution in [3.63, 3.8) is 0 Å². The van der Waals surface area contributed by atoms with E-state index in [2.05, 4.69) is 23.7 Å². The second-order valence-corrected chi connectivity index (χ2v) is 5.11. The smallest absolute Gasteiger partial charge is 0.354 e. The van der Waals surface area contributed by atoms with Gasteiger partial charge in [-0.1, -0.05) is 6.07 Å². The summed E-state index contributed by atoms with van der Waals surface area (Å²) in [4.78, 5) is 17.3. The zero-order chi connectivity index (χ0) is 13.2. The number of aromatic carboxylic acids is 1. The van der Waals surface area contributed by atoms with E-state index in [4.69, 9.17) is 9.84 Å². The molecule has 0 amide bonds. The first-order valence-electron chi connectivity index (χ1n) is 6.01. The van der Waals surface area contributed by atoms with Crippen LogP contribution in [-0.4, -0.2) is 46.3 Å². The molecule has 0 atom stereocenters. The highest BCUT2D eigenvalue weighted by molar-refractivity contribution is 5.85. The molecular formula is C13H18N2O3. The molecule has 18 heavy (non-hydrogen) atoms. The fourth-order valence-corrected chi connectivity index (χ4v) is 2.07. The Morgan fingerprint density at radius 2 is 2.33 bits per heavy atom. The molecule has 5 nitrogen and oxygen atoms in total. The molecule has 0 aromatic carbocycles. The van der Waals surface area contributed by atoms with E-state index in [1.807, 2.05) is 6.07 Å². The van der Waals surface area contributed by atoms with Gasteiger partial charge < -0.3 is 9.84 Å². The number of rotatable bonds is 3. The van der Waals surface area contributed by atoms with Gasteiger partial charge in [-0.2, -0.15) is 0 Å². The van der Waals surface area contributed by atoms with Gasteiger partial charge in [-0.15, -0.1) is 0 Å². The summed E-state index contributed by atoms with van der Waals surface area (Å²) in [6, 6.07) is 5.10. The Labute approximate surface area is 106 Å². The Morgan fingerprint density at radius 3 is 3.00 bits per heavy atom. The minimum Gasteiger partial charge on any atom is -0.477 e. The molecule has 1 aliphatic rings. The molecule has 1 aromatic heterocycles. The van der Waals surface area contributed by atoms with E-state index in [9.17, 15) is 4.79 Å². The van der Waals surface area contributed by atoms with E-state index in [0.717, 1.165) is 12.2 Å². The van der Waals surface area contributed by atoms with Gasteiger partial charge in [-0.3, -0.25) is 4.90 Å². The van der Waals surface area contributed by atoms with Crippen molar-refractivity contribution >= 4 is 5.97 Å². The molecule has 0 bridgehead atoms. The molecule has 0 aliphatic carbocycles. The maximum Gasteiger partial charge on any atom is 0.354 e. The van der Waals surface area contributed by atoms with Crippen LogP contribution in [0.1, 0.15) is 30.0 Å². The third-order valence-corrected chi connectivity index (χ3v) is 3.20. The Balaban J connectivity index is 2.13. The topological polar surface area (TPSA) is 62.7 Å². The number of morpholine rings is 1. The van der Waals surface area contributed by atoms with Gasteiger partial charge in [-0.05, 0) is 26.0 Å². The van der Waals surface area contributed by atoms with Crippen LogP contribution in [0.3, 0.4) is 0 Å². The Bertz CT molecular complexity index is 446. The second-order valence-electron chi connectivity index (χ2n) is 5.11. The molecule has 0 saturated carbocycles. The predicted octanol–water partition coefficient (Wildman–Crippen LogP) is 1.39. The summed E-state index contributed by atoms with van der Waals surface area (Å²) in [5, 5.41) is 8.92. The van der Waals surface area contributed by atoms with Crippen molar-refractivity contribution in [3.8, 4) is 0 Å². The number of carbonyl (C=O) groups is 1. The molecule has 1 aromatic rings. The van der Waals surface area contributed by atoms with Gasteiger partial charge in [0.1, 0.15) is 5.69 Å². The van der Waals surface area contributed by atoms with Crippen LogP contribution in [0, 0.1) is 0 Å². The van der Waals surface area contributed by atoms with Crippen LogP contribution in [0.2, 0.25) is 0 Å². The maximum atomic E-state index is 10.9. The average Bonchev–Trinajstić information content (AvgIpc) is 2.32. The van der Waals surface area contributed by atoms with Crippen molar-refractivity contribution in [2.45, 2.75) is 25.9 Å². The molecule has 1 N–H and O–H groups in total. The molecule has 1 aliphatic heterocycles. The monoisotopic (exact) mass is 250 g/mol. The van der Waals surface area contributed by atoms with Gasteiger partial charge in [-0.25, -0.2) is 9.78 Å². The zero-order valence-corrected chi connectivity index (χ0v) is 10.7. The van der Waals surface area contributed by atoms with Crippen molar-refractivity contribution in [2.24, 2.45) is 0 Å². The Hall–Kier alpha value is -1.46. The first-order valence-corrected chi connectivity index (χ1v) is 6.01. The van der Waals surface area contributed by atoms with E-state index < -0.39 is 5.97 Å². The van der Waals surface area contributed by atoms with Gasteiger partial charge in [0, 0.05) is 18.6 Å². The van der Waals surface area contributed by atoms with E-state index in [0.29, 0.717) is 19.8 Å². The normalized spacial score (nSPS) is 19.7. The summed E-state index contributed by atoms with van der Waals surface area (Å²) in [5.74, 6) is -0.988. The number of carboxylic acids is 1. The summed E-state index contributed by atoms with van der Waals surface area (Å²) < 4.78 is 5.46. The fourth-order valence-electron chi connectivity index (χ4n) is 2.07. The van der Waals surface area contributed by atoms with Crippen molar-refractivity contribution in [2.75, 3.05) is 19.8 Å². The molecule has 0 unspecified atom stereocenters. The molecule has 1 saturated heterocycles. The molecule has 0 radical (unpaired) electrons. The van der Waals surface area contributed by atoms with Crippen LogP contribution in [-0.2, 0) is 11.3 Å². The van der Waals surface area contributed by atoms with E-state index in [1.165, 1.54) is 6.07 Å². The van der Waals surface area contributed by atoms with Gasteiger partial charge in [0.15, 0.2) is 0 Å². The number of carboxylic acid groups (broad SMARTS) is 1. The van der Waals surface area contributed by atoms with Crippen LogP contribution in [0.5, 0.6) is 0 Å². The third-order valence-electron chi connectivity index (χ3n) is 3.20. The number of ether oxygens (including phenoxy) is 1. The molecule has 5 heteroatoms. The summed E-state index contributed by atoms with van der Waals surface area (Å²) in [6.45, 7) is 7.12. The highest BCUT2D eigenvalue weighted by atomic mass is 16.5. The van der Waals surface area contributed by atoms with Crippen LogP contribution >= 0.6 is 0 Å². The third kappa shape index (κ3) is 2.86. The van der Waals surface area contributed by atoms with Crippen molar-refractivity contribution in [1.82, 2.24) is 9.88 Å². The Morgan fingerprint density at radius 1 is 1.56 bits per heavy atom. The number of pyridine rings is 1. The van der Waals surface area contributed by atoms with Gasteiger partial charge in [0.2, 0.25) is 0 Å². The SMILES string of the molecule is CC1(C)COCCN1Cc1cccc(C(=O)O)n1. The predicted molar refractivity (Wildman–Crippen MR) is 66.5 cm³/mol. The lowest BCUT2D eigenvalue weighted by Crippen LogP contribution is -2.52. The molecule has 98 valence electrons. The number of nitrogens with zero attached hydrogens (tertiary/aromatic N) is 2. The zero-order valence-electron chi connectivity index (χ0n) is 10.7. The summed E-state index contributed by atoms with van der Waals surface area (Å²) in [6.07, 6.45) is 0. The molecule has 2 heterocycles. The maximum absolute atomic E-state index is 10.9. The first kappa shape index (κ1) is 13.0. The average molecular weight is 250 g/mol. The second kappa shape index (κ2) is 5.04. The molecule has 1 fully saturated rings. The summed E-state index contributed by atoms with van der Waals surface area (Å²) in [5.41, 5.74) is 0.836. The number of aromatic nitrogens is 1. The highest BCUT2D eigenvalue weighted by Gasteiger charge is 2.30. The fraction of sp³-hybridized carbons (Fsp3) is 0.538. The van der Waals surface area contributed by atoms with E-state index in [-0.39, 0.29) is 11.2 Å². The highest BCUT2D eigenvalue weighted by Crippen LogP contribution is 2.21. The summed E-state index contributed by atoms with van der Waals surface area (Å²) in [7, 11) is 0. The van der Waals surface area contributed by atoms with Crippen molar-refractivity contribution in [3.05, 3.63) is 29.6 Å². The standard InChI is InChI=1S/C13H18N2O3/c1-13(2)9-18-7-6-15(13)8-10-4-3-5-11(14-10)12(16)17/h3-5H,6-9H2,1-2H3,(H,16,17). The van der Waals surface area contributed by atoms with Crippen molar-refractivity contribution in [1.29, 1.82) is 0 Å². The number of hydrogen-bond acceptors (Lipinski definition) is 4. The Kier molecular flexibility index (Phi) is 3.63. The van der Waals surface area contributed by atoms with Gasteiger partial charge >= 0.3 is 5.97 Å². The minimum atomic E-state index is -0.988. The van der Waals surface area contributed by atoms with Crippen LogP contribution in [0.4, 0.5) is 0 Å². The lowest BCUT2D eigenvalue weighted by molar-refractivity contribution is -0.0558. The van der Waals surface area contributed by atoms with Gasteiger partial charge in [0.25, 0.3) is 0 Å². The molecule has 2 rings (SSSR count). The first-order chi connectivity index (χ1) is 8.49. The van der Waals surface area contributed by atoms with Gasteiger partial charge in [0.05, 0.1) is 18.9 Å². The lowest BCUT2D eigenvalue weighted by atomic mass is 10.0. The van der Waals surface area contributed by atoms with Crippen LogP contribution in [0.25, 0.3) is 0 Å². The van der Waals surface area contributed by atoms with Crippen LogP contribution < -0.4 is 0 Å².